The molecule has 3 N–H and O–H groups in total. The molecule has 0 radical (unpaired) electrons. The highest BCUT2D eigenvalue weighted by Crippen LogP contribution is 2.33. The number of β-amino-alcohol motifs (C(OH)–C–C–N with tert-alkyl or cyclic N) is 1. The quantitative estimate of drug-likeness (QED) is 0.557. The lowest BCUT2D eigenvalue weighted by molar-refractivity contribution is -0.136. The van der Waals surface area contributed by atoms with Crippen molar-refractivity contribution in [3.8, 4) is 0 Å². The predicted molar refractivity (Wildman–Crippen MR) is 101 cm³/mol. The molecule has 0 spiro atoms. The number of nitrogens with zero attached hydrogens (tertiary/aromatic N) is 1. The summed E-state index contributed by atoms with van der Waals surface area (Å²) in [6.45, 7) is -0.0872. The number of carbonyl (C=O) groups is 3. The number of aliphatic hydroxyl groups excluding tert-OH is 1. The molecule has 0 bridgehead atoms. The summed E-state index contributed by atoms with van der Waals surface area (Å²) < 4.78 is 9.56. The number of amides is 1. The fraction of sp³-hybridized carbons (Fsp3) is 0.421. The molecule has 0 saturated heterocycles. The van der Waals surface area contributed by atoms with Gasteiger partial charge < -0.3 is 30.1 Å². The summed E-state index contributed by atoms with van der Waals surface area (Å²) in [7, 11) is 2.53. The maximum Gasteiger partial charge on any atom is 0.337 e. The van der Waals surface area contributed by atoms with E-state index in [0.717, 1.165) is 12.8 Å². The number of carbonyl (C=O) groups excluding carboxylic acids is 3. The van der Waals surface area contributed by atoms with Crippen LogP contribution in [0.2, 0.25) is 0 Å². The van der Waals surface area contributed by atoms with Crippen molar-refractivity contribution < 1.29 is 29.0 Å². The molecule has 3 rings (SSSR count). The van der Waals surface area contributed by atoms with E-state index < -0.39 is 17.8 Å². The van der Waals surface area contributed by atoms with Crippen LogP contribution in [0.5, 0.6) is 0 Å². The van der Waals surface area contributed by atoms with E-state index in [4.69, 9.17) is 14.6 Å². The molecule has 1 aromatic rings. The number of nitrogens with one attached hydrogen (secondary N) is 2. The van der Waals surface area contributed by atoms with E-state index in [9.17, 15) is 14.4 Å². The van der Waals surface area contributed by atoms with Crippen molar-refractivity contribution in [1.82, 2.24) is 4.90 Å². The number of aliphatic hydroxyl groups is 1. The molecule has 1 aromatic carbocycles. The first-order chi connectivity index (χ1) is 13.5. The second-order valence-electron chi connectivity index (χ2n) is 6.59. The maximum absolute atomic E-state index is 12.7. The molecule has 2 aliphatic rings. The summed E-state index contributed by atoms with van der Waals surface area (Å²) in [6, 6.07) is 5.27. The van der Waals surface area contributed by atoms with Crippen LogP contribution in [0.4, 0.5) is 11.4 Å². The Labute approximate surface area is 162 Å². The molecule has 1 heterocycles. The number of methoxy groups -OCH3 is 2. The minimum absolute atomic E-state index is 0.0382. The Morgan fingerprint density at radius 2 is 1.89 bits per heavy atom. The van der Waals surface area contributed by atoms with Crippen molar-refractivity contribution in [2.45, 2.75) is 18.9 Å². The van der Waals surface area contributed by atoms with Crippen molar-refractivity contribution in [2.75, 3.05) is 44.5 Å². The van der Waals surface area contributed by atoms with Crippen LogP contribution in [-0.4, -0.2) is 67.8 Å². The van der Waals surface area contributed by atoms with Gasteiger partial charge in [-0.1, -0.05) is 0 Å². The molecule has 1 saturated carbocycles. The Bertz CT molecular complexity index is 831. The molecule has 1 aliphatic carbocycles. The maximum atomic E-state index is 12.7. The standard InChI is InChI=1S/C19H23N3O6/c1-27-18(25)11-3-6-14(20-12-4-5-12)15(9-11)21-16-13(19(26)28-2)10-22(7-8-23)17(16)24/h3,6,9,12,20-21,23H,4-5,7-8,10H2,1-2H3. The first-order valence-corrected chi connectivity index (χ1v) is 8.96. The van der Waals surface area contributed by atoms with Gasteiger partial charge >= 0.3 is 11.9 Å². The SMILES string of the molecule is COC(=O)C1=C(Nc2cc(C(=O)OC)ccc2NC2CC2)C(=O)N(CCO)C1. The van der Waals surface area contributed by atoms with Gasteiger partial charge in [-0.25, -0.2) is 9.59 Å². The van der Waals surface area contributed by atoms with Gasteiger partial charge in [-0.15, -0.1) is 0 Å². The van der Waals surface area contributed by atoms with E-state index in [1.165, 1.54) is 19.1 Å². The largest absolute Gasteiger partial charge is 0.466 e. The van der Waals surface area contributed by atoms with Gasteiger partial charge in [0.1, 0.15) is 5.70 Å². The first kappa shape index (κ1) is 19.7. The molecule has 9 heteroatoms. The summed E-state index contributed by atoms with van der Waals surface area (Å²) >= 11 is 0. The lowest BCUT2D eigenvalue weighted by atomic mass is 10.1. The third-order valence-electron chi connectivity index (χ3n) is 4.59. The molecular formula is C19H23N3O6. The van der Waals surface area contributed by atoms with Crippen LogP contribution >= 0.6 is 0 Å². The number of rotatable bonds is 8. The van der Waals surface area contributed by atoms with E-state index in [-0.39, 0.29) is 31.0 Å². The average Bonchev–Trinajstić information content (AvgIpc) is 3.47. The van der Waals surface area contributed by atoms with Crippen LogP contribution in [-0.2, 0) is 19.1 Å². The summed E-state index contributed by atoms with van der Waals surface area (Å²) in [4.78, 5) is 38.1. The van der Waals surface area contributed by atoms with Crippen LogP contribution in [0, 0.1) is 0 Å². The van der Waals surface area contributed by atoms with Crippen LogP contribution in [0.1, 0.15) is 23.2 Å². The highest BCUT2D eigenvalue weighted by molar-refractivity contribution is 6.09. The molecule has 1 amide bonds. The fourth-order valence-electron chi connectivity index (χ4n) is 2.95. The van der Waals surface area contributed by atoms with Crippen molar-refractivity contribution in [3.63, 3.8) is 0 Å². The summed E-state index contributed by atoms with van der Waals surface area (Å²) in [5.74, 6) is -1.56. The van der Waals surface area contributed by atoms with Crippen molar-refractivity contribution >= 4 is 29.2 Å². The zero-order valence-corrected chi connectivity index (χ0v) is 15.8. The third-order valence-corrected chi connectivity index (χ3v) is 4.59. The van der Waals surface area contributed by atoms with Crippen LogP contribution in [0.15, 0.2) is 29.5 Å². The third kappa shape index (κ3) is 4.09. The summed E-state index contributed by atoms with van der Waals surface area (Å²) in [6.07, 6.45) is 2.08. The van der Waals surface area contributed by atoms with E-state index >= 15 is 0 Å². The van der Waals surface area contributed by atoms with Crippen molar-refractivity contribution in [3.05, 3.63) is 35.0 Å². The molecular weight excluding hydrogens is 366 g/mol. The van der Waals surface area contributed by atoms with Crippen molar-refractivity contribution in [1.29, 1.82) is 0 Å². The number of esters is 2. The van der Waals surface area contributed by atoms with Gasteiger partial charge in [-0.3, -0.25) is 4.79 Å². The van der Waals surface area contributed by atoms with E-state index in [1.54, 1.807) is 18.2 Å². The predicted octanol–water partition coefficient (Wildman–Crippen LogP) is 0.721. The van der Waals surface area contributed by atoms with Gasteiger partial charge in [0.05, 0.1) is 49.9 Å². The van der Waals surface area contributed by atoms with E-state index in [1.807, 2.05) is 0 Å². The topological polar surface area (TPSA) is 117 Å². The van der Waals surface area contributed by atoms with E-state index in [0.29, 0.717) is 23.0 Å². The molecule has 0 atom stereocenters. The second kappa shape index (κ2) is 8.30. The number of hydrogen-bond donors (Lipinski definition) is 3. The number of benzene rings is 1. The monoisotopic (exact) mass is 389 g/mol. The van der Waals surface area contributed by atoms with Gasteiger partial charge in [-0.2, -0.15) is 0 Å². The lowest BCUT2D eigenvalue weighted by Gasteiger charge is -2.17. The van der Waals surface area contributed by atoms with Gasteiger partial charge in [0.15, 0.2) is 0 Å². The van der Waals surface area contributed by atoms with Gasteiger partial charge in [0.2, 0.25) is 0 Å². The van der Waals surface area contributed by atoms with Crippen LogP contribution < -0.4 is 10.6 Å². The molecule has 9 nitrogen and oxygen atoms in total. The van der Waals surface area contributed by atoms with Crippen LogP contribution in [0.25, 0.3) is 0 Å². The van der Waals surface area contributed by atoms with Crippen molar-refractivity contribution in [2.24, 2.45) is 0 Å². The zero-order chi connectivity index (χ0) is 20.3. The highest BCUT2D eigenvalue weighted by atomic mass is 16.5. The Hall–Kier alpha value is -3.07. The summed E-state index contributed by atoms with van der Waals surface area (Å²) in [5, 5.41) is 15.5. The van der Waals surface area contributed by atoms with Gasteiger partial charge in [-0.05, 0) is 31.0 Å². The Kier molecular flexibility index (Phi) is 5.84. The lowest BCUT2D eigenvalue weighted by Crippen LogP contribution is -2.31. The molecule has 1 fully saturated rings. The van der Waals surface area contributed by atoms with Crippen LogP contribution in [0.3, 0.4) is 0 Å². The molecule has 0 unspecified atom stereocenters. The van der Waals surface area contributed by atoms with Gasteiger partial charge in [0.25, 0.3) is 5.91 Å². The second-order valence-corrected chi connectivity index (χ2v) is 6.59. The first-order valence-electron chi connectivity index (χ1n) is 8.96. The van der Waals surface area contributed by atoms with Gasteiger partial charge in [0, 0.05) is 12.6 Å². The normalized spacial score (nSPS) is 16.2. The Morgan fingerprint density at radius 1 is 1.18 bits per heavy atom. The molecule has 1 aliphatic heterocycles. The number of hydrogen-bond acceptors (Lipinski definition) is 8. The molecule has 0 aromatic heterocycles. The minimum atomic E-state index is -0.628. The number of anilines is 2. The molecule has 150 valence electrons. The zero-order valence-electron chi connectivity index (χ0n) is 15.8. The smallest absolute Gasteiger partial charge is 0.337 e. The highest BCUT2D eigenvalue weighted by Gasteiger charge is 2.35. The van der Waals surface area contributed by atoms with E-state index in [2.05, 4.69) is 10.6 Å². The summed E-state index contributed by atoms with van der Waals surface area (Å²) in [5.41, 5.74) is 1.73. The Balaban J connectivity index is 1.97. The Morgan fingerprint density at radius 3 is 2.50 bits per heavy atom. The minimum Gasteiger partial charge on any atom is -0.466 e. The fourth-order valence-corrected chi connectivity index (χ4v) is 2.95. The average molecular weight is 389 g/mol. The molecule has 28 heavy (non-hydrogen) atoms. The number of ether oxygens (including phenoxy) is 2.